The number of aromatic nitrogens is 1. The molecule has 1 heterocycles. The fourth-order valence-corrected chi connectivity index (χ4v) is 1.80. The number of rotatable bonds is 4. The van der Waals surface area contributed by atoms with Gasteiger partial charge in [-0.1, -0.05) is 0 Å². The monoisotopic (exact) mass is 208 g/mol. The Morgan fingerprint density at radius 2 is 2.00 bits per heavy atom. The van der Waals surface area contributed by atoms with Gasteiger partial charge in [-0.2, -0.15) is 0 Å². The first-order chi connectivity index (χ1) is 6.93. The minimum atomic E-state index is -1.08. The van der Waals surface area contributed by atoms with Gasteiger partial charge in [-0.25, -0.2) is 0 Å². The van der Waals surface area contributed by atoms with Crippen LogP contribution >= 0.6 is 0 Å². The maximum absolute atomic E-state index is 11.3. The lowest BCUT2D eigenvalue weighted by molar-refractivity contribution is -0.305. The van der Waals surface area contributed by atoms with Crippen molar-refractivity contribution >= 4 is 11.8 Å². The first-order valence-electron chi connectivity index (χ1n) is 4.80. The van der Waals surface area contributed by atoms with Gasteiger partial charge in [-0.05, 0) is 26.3 Å². The smallest absolute Gasteiger partial charge is 0.161 e. The van der Waals surface area contributed by atoms with E-state index in [2.05, 4.69) is 0 Å². The highest BCUT2D eigenvalue weighted by molar-refractivity contribution is 5.96. The van der Waals surface area contributed by atoms with E-state index in [9.17, 15) is 14.7 Å². The summed E-state index contributed by atoms with van der Waals surface area (Å²) in [7, 11) is 0. The van der Waals surface area contributed by atoms with Crippen molar-refractivity contribution in [2.45, 2.75) is 33.7 Å². The van der Waals surface area contributed by atoms with Crippen molar-refractivity contribution in [3.8, 4) is 0 Å². The van der Waals surface area contributed by atoms with E-state index in [1.54, 1.807) is 10.8 Å². The van der Waals surface area contributed by atoms with Gasteiger partial charge in [0.1, 0.15) is 0 Å². The molecule has 0 atom stereocenters. The molecular weight excluding hydrogens is 194 g/mol. The number of hydrogen-bond acceptors (Lipinski definition) is 3. The van der Waals surface area contributed by atoms with Gasteiger partial charge in [0.25, 0.3) is 0 Å². The molecule has 1 aromatic rings. The molecule has 4 nitrogen and oxygen atoms in total. The van der Waals surface area contributed by atoms with E-state index in [1.807, 2.05) is 13.8 Å². The van der Waals surface area contributed by atoms with E-state index in [4.69, 9.17) is 0 Å². The largest absolute Gasteiger partial charge is 0.550 e. The van der Waals surface area contributed by atoms with Crippen LogP contribution in [-0.2, 0) is 11.3 Å². The fourth-order valence-electron chi connectivity index (χ4n) is 1.80. The van der Waals surface area contributed by atoms with Gasteiger partial charge in [0.2, 0.25) is 0 Å². The lowest BCUT2D eigenvalue weighted by atomic mass is 10.1. The number of Topliss-reactive ketones (excluding diaryl/α,β-unsaturated/α-hetero) is 1. The van der Waals surface area contributed by atoms with Gasteiger partial charge in [-0.3, -0.25) is 4.79 Å². The third kappa shape index (κ3) is 2.46. The third-order valence-corrected chi connectivity index (χ3v) is 2.45. The lowest BCUT2D eigenvalue weighted by Crippen LogP contribution is -2.23. The van der Waals surface area contributed by atoms with E-state index >= 15 is 0 Å². The highest BCUT2D eigenvalue weighted by Gasteiger charge is 2.12. The van der Waals surface area contributed by atoms with Crippen molar-refractivity contribution in [3.05, 3.63) is 23.0 Å². The first kappa shape index (κ1) is 11.5. The van der Waals surface area contributed by atoms with E-state index in [-0.39, 0.29) is 12.2 Å². The van der Waals surface area contributed by atoms with Crippen molar-refractivity contribution in [3.63, 3.8) is 0 Å². The molecule has 4 heteroatoms. The normalized spacial score (nSPS) is 10.3. The summed E-state index contributed by atoms with van der Waals surface area (Å²) in [6.45, 7) is 5.53. The van der Waals surface area contributed by atoms with Crippen LogP contribution in [0.3, 0.4) is 0 Å². The van der Waals surface area contributed by atoms with Crippen molar-refractivity contribution in [1.82, 2.24) is 4.57 Å². The predicted octanol–water partition coefficient (Wildman–Crippen LogP) is 0.448. The van der Waals surface area contributed by atoms with Gasteiger partial charge in [-0.15, -0.1) is 0 Å². The number of nitrogens with zero attached hydrogens (tertiary/aromatic N) is 1. The third-order valence-electron chi connectivity index (χ3n) is 2.45. The second-order valence-corrected chi connectivity index (χ2v) is 3.64. The number of carbonyl (C=O) groups is 2. The average Bonchev–Trinajstić information content (AvgIpc) is 2.37. The number of aliphatic carboxylic acids is 1. The van der Waals surface area contributed by atoms with Crippen molar-refractivity contribution < 1.29 is 14.7 Å². The van der Waals surface area contributed by atoms with E-state index in [0.29, 0.717) is 12.1 Å². The van der Waals surface area contributed by atoms with Crippen LogP contribution in [0.5, 0.6) is 0 Å². The zero-order valence-corrected chi connectivity index (χ0v) is 9.16. The standard InChI is InChI=1S/C11H15NO3/c1-7-6-12(5-4-10(14)15)8(2)11(7)9(3)13/h6H,4-5H2,1-3H3,(H,14,15)/p-1. The minimum absolute atomic E-state index is 0.0113. The molecule has 82 valence electrons. The number of carboxylic acids is 1. The SMILES string of the molecule is CC(=O)c1c(C)cn(CCC(=O)[O-])c1C. The summed E-state index contributed by atoms with van der Waals surface area (Å²) in [5, 5.41) is 10.3. The number of carboxylic acid groups (broad SMARTS) is 1. The lowest BCUT2D eigenvalue weighted by Gasteiger charge is -2.06. The van der Waals surface area contributed by atoms with Crippen LogP contribution in [0, 0.1) is 13.8 Å². The van der Waals surface area contributed by atoms with Crippen LogP contribution < -0.4 is 5.11 Å². The van der Waals surface area contributed by atoms with Crippen LogP contribution in [0.1, 0.15) is 35.0 Å². The molecule has 0 amide bonds. The zero-order valence-electron chi connectivity index (χ0n) is 9.16. The molecule has 0 aliphatic heterocycles. The van der Waals surface area contributed by atoms with Gasteiger partial charge in [0.15, 0.2) is 5.78 Å². The Morgan fingerprint density at radius 1 is 1.40 bits per heavy atom. The summed E-state index contributed by atoms with van der Waals surface area (Å²) in [6, 6.07) is 0. The molecule has 1 rings (SSSR count). The summed E-state index contributed by atoms with van der Waals surface area (Å²) in [5.41, 5.74) is 2.40. The van der Waals surface area contributed by atoms with Gasteiger partial charge < -0.3 is 14.5 Å². The predicted molar refractivity (Wildman–Crippen MR) is 53.5 cm³/mol. The summed E-state index contributed by atoms with van der Waals surface area (Å²) >= 11 is 0. The van der Waals surface area contributed by atoms with Crippen LogP contribution in [-0.4, -0.2) is 16.3 Å². The molecule has 0 aliphatic carbocycles. The number of carbonyl (C=O) groups excluding carboxylic acids is 2. The second-order valence-electron chi connectivity index (χ2n) is 3.64. The summed E-state index contributed by atoms with van der Waals surface area (Å²) in [5.74, 6) is -1.07. The van der Waals surface area contributed by atoms with Crippen LogP contribution in [0.2, 0.25) is 0 Å². The zero-order chi connectivity index (χ0) is 11.6. The van der Waals surface area contributed by atoms with Gasteiger partial charge in [0.05, 0.1) is 0 Å². The molecule has 0 saturated heterocycles. The summed E-state index contributed by atoms with van der Waals surface area (Å²) in [4.78, 5) is 21.6. The Labute approximate surface area is 88.5 Å². The Balaban J connectivity index is 2.96. The molecule has 0 saturated carbocycles. The first-order valence-corrected chi connectivity index (χ1v) is 4.80. The molecule has 0 spiro atoms. The van der Waals surface area contributed by atoms with Crippen molar-refractivity contribution in [2.75, 3.05) is 0 Å². The summed E-state index contributed by atoms with van der Waals surface area (Å²) < 4.78 is 1.78. The Hall–Kier alpha value is -1.58. The summed E-state index contributed by atoms with van der Waals surface area (Å²) in [6.07, 6.45) is 1.77. The fraction of sp³-hybridized carbons (Fsp3) is 0.455. The minimum Gasteiger partial charge on any atom is -0.550 e. The number of aryl methyl sites for hydroxylation is 2. The molecular formula is C11H14NO3-. The van der Waals surface area contributed by atoms with Crippen LogP contribution in [0.25, 0.3) is 0 Å². The molecule has 0 fully saturated rings. The van der Waals surface area contributed by atoms with Crippen LogP contribution in [0.15, 0.2) is 6.20 Å². The van der Waals surface area contributed by atoms with Crippen molar-refractivity contribution in [1.29, 1.82) is 0 Å². The second kappa shape index (κ2) is 4.29. The molecule has 1 aromatic heterocycles. The highest BCUT2D eigenvalue weighted by Crippen LogP contribution is 2.17. The highest BCUT2D eigenvalue weighted by atomic mass is 16.4. The molecule has 0 unspecified atom stereocenters. The topological polar surface area (TPSA) is 62.1 Å². The number of ketones is 1. The Morgan fingerprint density at radius 3 is 2.40 bits per heavy atom. The molecule has 0 aliphatic rings. The average molecular weight is 208 g/mol. The Bertz CT molecular complexity index is 404. The van der Waals surface area contributed by atoms with Crippen LogP contribution in [0.4, 0.5) is 0 Å². The maximum Gasteiger partial charge on any atom is 0.161 e. The van der Waals surface area contributed by atoms with E-state index in [0.717, 1.165) is 11.3 Å². The molecule has 0 radical (unpaired) electrons. The molecule has 0 bridgehead atoms. The number of hydrogen-bond donors (Lipinski definition) is 0. The molecule has 15 heavy (non-hydrogen) atoms. The maximum atomic E-state index is 11.3. The van der Waals surface area contributed by atoms with Gasteiger partial charge >= 0.3 is 0 Å². The van der Waals surface area contributed by atoms with E-state index < -0.39 is 5.97 Å². The Kier molecular flexibility index (Phi) is 3.29. The molecule has 0 aromatic carbocycles. The van der Waals surface area contributed by atoms with E-state index in [1.165, 1.54) is 6.92 Å². The quantitative estimate of drug-likeness (QED) is 0.675. The van der Waals surface area contributed by atoms with Crippen molar-refractivity contribution in [2.24, 2.45) is 0 Å². The molecule has 0 N–H and O–H groups in total. The van der Waals surface area contributed by atoms with Gasteiger partial charge in [0, 0.05) is 36.4 Å².